The van der Waals surface area contributed by atoms with Crippen LogP contribution in [0.1, 0.15) is 41.9 Å². The third-order valence-electron chi connectivity index (χ3n) is 3.66. The normalized spacial score (nSPS) is 16.1. The van der Waals surface area contributed by atoms with Crippen molar-refractivity contribution in [2.45, 2.75) is 38.6 Å². The lowest BCUT2D eigenvalue weighted by molar-refractivity contribution is 0.0931. The first-order chi connectivity index (χ1) is 9.15. The molecule has 0 radical (unpaired) electrons. The maximum Gasteiger partial charge on any atom is 0.270 e. The Labute approximate surface area is 110 Å². The number of nitrogens with zero attached hydrogens (tertiary/aromatic N) is 2. The van der Waals surface area contributed by atoms with E-state index in [1.54, 1.807) is 13.0 Å². The smallest absolute Gasteiger partial charge is 0.270 e. The first kappa shape index (κ1) is 12.1. The number of rotatable bonds is 2. The predicted molar refractivity (Wildman–Crippen MR) is 69.6 cm³/mol. The molecule has 0 saturated heterocycles. The molecule has 0 aliphatic heterocycles. The van der Waals surface area contributed by atoms with Gasteiger partial charge in [-0.2, -0.15) is 0 Å². The Morgan fingerprint density at radius 1 is 1.42 bits per heavy atom. The minimum absolute atomic E-state index is 0.164. The third-order valence-corrected chi connectivity index (χ3v) is 3.66. The lowest BCUT2D eigenvalue weighted by atomic mass is 10.2. The summed E-state index contributed by atoms with van der Waals surface area (Å²) in [5, 5.41) is 3.01. The lowest BCUT2D eigenvalue weighted by Crippen LogP contribution is -2.33. The molecule has 100 valence electrons. The maximum absolute atomic E-state index is 13.3. The van der Waals surface area contributed by atoms with Gasteiger partial charge in [-0.3, -0.25) is 9.20 Å². The standard InChI is InChI=1S/C14H16FN3O/c1-9-13(14(19)17-11-4-2-3-5-11)18-8-10(15)6-7-12(18)16-9/h6-8,11H,2-5H2,1H3,(H,17,19). The Kier molecular flexibility index (Phi) is 2.97. The van der Waals surface area contributed by atoms with Crippen LogP contribution in [0.3, 0.4) is 0 Å². The zero-order valence-electron chi connectivity index (χ0n) is 10.8. The summed E-state index contributed by atoms with van der Waals surface area (Å²) < 4.78 is 14.8. The number of imidazole rings is 1. The van der Waals surface area contributed by atoms with Crippen molar-refractivity contribution in [1.29, 1.82) is 0 Å². The van der Waals surface area contributed by atoms with Crippen molar-refractivity contribution >= 4 is 11.6 Å². The monoisotopic (exact) mass is 261 g/mol. The van der Waals surface area contributed by atoms with Crippen LogP contribution in [0.5, 0.6) is 0 Å². The van der Waals surface area contributed by atoms with Crippen LogP contribution < -0.4 is 5.32 Å². The minimum Gasteiger partial charge on any atom is -0.348 e. The molecule has 0 atom stereocenters. The molecule has 1 N–H and O–H groups in total. The number of aryl methyl sites for hydroxylation is 1. The molecule has 0 bridgehead atoms. The minimum atomic E-state index is -0.375. The van der Waals surface area contributed by atoms with Gasteiger partial charge < -0.3 is 5.32 Å². The molecule has 3 rings (SSSR count). The summed E-state index contributed by atoms with van der Waals surface area (Å²) >= 11 is 0. The van der Waals surface area contributed by atoms with E-state index in [2.05, 4.69) is 10.3 Å². The van der Waals surface area contributed by atoms with E-state index in [-0.39, 0.29) is 17.8 Å². The largest absolute Gasteiger partial charge is 0.348 e. The van der Waals surface area contributed by atoms with Crippen LogP contribution in [0, 0.1) is 12.7 Å². The Morgan fingerprint density at radius 2 is 2.16 bits per heavy atom. The van der Waals surface area contributed by atoms with E-state index in [0.29, 0.717) is 17.0 Å². The average Bonchev–Trinajstić information content (AvgIpc) is 2.95. The lowest BCUT2D eigenvalue weighted by Gasteiger charge is -2.12. The van der Waals surface area contributed by atoms with E-state index in [1.165, 1.54) is 16.7 Å². The summed E-state index contributed by atoms with van der Waals surface area (Å²) in [6.45, 7) is 1.77. The van der Waals surface area contributed by atoms with Gasteiger partial charge >= 0.3 is 0 Å². The summed E-state index contributed by atoms with van der Waals surface area (Å²) in [4.78, 5) is 16.6. The second-order valence-electron chi connectivity index (χ2n) is 5.08. The Morgan fingerprint density at radius 3 is 2.89 bits per heavy atom. The van der Waals surface area contributed by atoms with Gasteiger partial charge in [0.1, 0.15) is 17.2 Å². The van der Waals surface area contributed by atoms with Gasteiger partial charge in [0.2, 0.25) is 0 Å². The Bertz CT molecular complexity index is 629. The fourth-order valence-corrected chi connectivity index (χ4v) is 2.73. The second kappa shape index (κ2) is 4.64. The van der Waals surface area contributed by atoms with Crippen molar-refractivity contribution in [3.63, 3.8) is 0 Å². The van der Waals surface area contributed by atoms with Crippen molar-refractivity contribution in [2.24, 2.45) is 0 Å². The van der Waals surface area contributed by atoms with Crippen LogP contribution in [0.25, 0.3) is 5.65 Å². The molecule has 0 unspecified atom stereocenters. The SMILES string of the molecule is Cc1nc2ccc(F)cn2c1C(=O)NC1CCCC1. The molecule has 2 aromatic rings. The van der Waals surface area contributed by atoms with Gasteiger partial charge in [-0.1, -0.05) is 12.8 Å². The highest BCUT2D eigenvalue weighted by atomic mass is 19.1. The number of carbonyl (C=O) groups is 1. The second-order valence-corrected chi connectivity index (χ2v) is 5.08. The van der Waals surface area contributed by atoms with Crippen LogP contribution in [-0.4, -0.2) is 21.3 Å². The molecule has 2 aromatic heterocycles. The van der Waals surface area contributed by atoms with E-state index < -0.39 is 0 Å². The van der Waals surface area contributed by atoms with E-state index in [9.17, 15) is 9.18 Å². The number of hydrogen-bond acceptors (Lipinski definition) is 2. The molecule has 1 aliphatic carbocycles. The first-order valence-electron chi connectivity index (χ1n) is 6.60. The fourth-order valence-electron chi connectivity index (χ4n) is 2.73. The van der Waals surface area contributed by atoms with Crippen LogP contribution in [0.4, 0.5) is 4.39 Å². The van der Waals surface area contributed by atoms with Gasteiger partial charge in [0.15, 0.2) is 0 Å². The summed E-state index contributed by atoms with van der Waals surface area (Å²) in [7, 11) is 0. The van der Waals surface area contributed by atoms with Crippen LogP contribution in [0.15, 0.2) is 18.3 Å². The number of halogens is 1. The van der Waals surface area contributed by atoms with Gasteiger partial charge in [0, 0.05) is 12.2 Å². The molecule has 0 aromatic carbocycles. The number of carbonyl (C=O) groups excluding carboxylic acids is 1. The molecule has 2 heterocycles. The Hall–Kier alpha value is -1.91. The number of amides is 1. The van der Waals surface area contributed by atoms with Gasteiger partial charge in [-0.15, -0.1) is 0 Å². The van der Waals surface area contributed by atoms with Crippen molar-refractivity contribution in [1.82, 2.24) is 14.7 Å². The maximum atomic E-state index is 13.3. The number of fused-ring (bicyclic) bond motifs is 1. The first-order valence-corrected chi connectivity index (χ1v) is 6.60. The quantitative estimate of drug-likeness (QED) is 0.902. The molecular formula is C14H16FN3O. The predicted octanol–water partition coefficient (Wildman–Crippen LogP) is 2.45. The summed E-state index contributed by atoms with van der Waals surface area (Å²) in [5.74, 6) is -0.540. The summed E-state index contributed by atoms with van der Waals surface area (Å²) in [5.41, 5.74) is 1.65. The van der Waals surface area contributed by atoms with E-state index >= 15 is 0 Å². The number of hydrogen-bond donors (Lipinski definition) is 1. The number of nitrogens with one attached hydrogen (secondary N) is 1. The Balaban J connectivity index is 1.96. The zero-order valence-corrected chi connectivity index (χ0v) is 10.8. The molecule has 1 saturated carbocycles. The van der Waals surface area contributed by atoms with Crippen molar-refractivity contribution in [3.05, 3.63) is 35.5 Å². The highest BCUT2D eigenvalue weighted by molar-refractivity contribution is 5.94. The topological polar surface area (TPSA) is 46.4 Å². The van der Waals surface area contributed by atoms with E-state index in [0.717, 1.165) is 25.7 Å². The van der Waals surface area contributed by atoms with E-state index in [1.807, 2.05) is 0 Å². The number of pyridine rings is 1. The van der Waals surface area contributed by atoms with Gasteiger partial charge in [-0.05, 0) is 31.9 Å². The number of aromatic nitrogens is 2. The molecule has 5 heteroatoms. The summed E-state index contributed by atoms with van der Waals surface area (Å²) in [6, 6.07) is 3.17. The molecule has 0 spiro atoms. The van der Waals surface area contributed by atoms with Gasteiger partial charge in [0.05, 0.1) is 5.69 Å². The molecule has 19 heavy (non-hydrogen) atoms. The van der Waals surface area contributed by atoms with Crippen LogP contribution >= 0.6 is 0 Å². The molecular weight excluding hydrogens is 245 g/mol. The van der Waals surface area contributed by atoms with Crippen molar-refractivity contribution in [2.75, 3.05) is 0 Å². The fraction of sp³-hybridized carbons (Fsp3) is 0.429. The van der Waals surface area contributed by atoms with E-state index in [4.69, 9.17) is 0 Å². The highest BCUT2D eigenvalue weighted by Crippen LogP contribution is 2.19. The van der Waals surface area contributed by atoms with Crippen LogP contribution in [0.2, 0.25) is 0 Å². The van der Waals surface area contributed by atoms with Crippen molar-refractivity contribution < 1.29 is 9.18 Å². The molecule has 1 aliphatic rings. The third kappa shape index (κ3) is 2.20. The zero-order chi connectivity index (χ0) is 13.4. The molecule has 1 fully saturated rings. The van der Waals surface area contributed by atoms with Crippen molar-refractivity contribution in [3.8, 4) is 0 Å². The summed E-state index contributed by atoms with van der Waals surface area (Å²) in [6.07, 6.45) is 5.67. The highest BCUT2D eigenvalue weighted by Gasteiger charge is 2.22. The van der Waals surface area contributed by atoms with Gasteiger partial charge in [0.25, 0.3) is 5.91 Å². The van der Waals surface area contributed by atoms with Crippen LogP contribution in [-0.2, 0) is 0 Å². The average molecular weight is 261 g/mol. The molecule has 1 amide bonds. The molecule has 4 nitrogen and oxygen atoms in total. The van der Waals surface area contributed by atoms with Gasteiger partial charge in [-0.25, -0.2) is 9.37 Å².